The quantitative estimate of drug-likeness (QED) is 0.547. The van der Waals surface area contributed by atoms with Crippen LogP contribution in [0.15, 0.2) is 34.9 Å². The second kappa shape index (κ2) is 7.65. The fraction of sp³-hybridized carbons (Fsp3) is 0.391. The third kappa shape index (κ3) is 3.50. The monoisotopic (exact) mass is 402 g/mol. The van der Waals surface area contributed by atoms with Crippen molar-refractivity contribution >= 4 is 10.9 Å². The zero-order chi connectivity index (χ0) is 20.7. The van der Waals surface area contributed by atoms with Gasteiger partial charge in [-0.15, -0.1) is 0 Å². The Kier molecular flexibility index (Phi) is 4.83. The second-order valence-electron chi connectivity index (χ2n) is 8.20. The minimum absolute atomic E-state index is 0.488. The van der Waals surface area contributed by atoms with Gasteiger partial charge in [-0.05, 0) is 58.8 Å². The van der Waals surface area contributed by atoms with Crippen molar-refractivity contribution in [2.75, 3.05) is 13.1 Å². The summed E-state index contributed by atoms with van der Waals surface area (Å²) in [6, 6.07) is 10.4. The number of aromatic nitrogens is 5. The van der Waals surface area contributed by atoms with E-state index in [9.17, 15) is 0 Å². The number of rotatable bonds is 4. The molecule has 4 heterocycles. The van der Waals surface area contributed by atoms with Crippen LogP contribution < -0.4 is 0 Å². The molecule has 154 valence electrons. The van der Waals surface area contributed by atoms with Crippen LogP contribution in [0.1, 0.15) is 47.4 Å². The molecule has 0 unspecified atom stereocenters. The van der Waals surface area contributed by atoms with Gasteiger partial charge in [-0.2, -0.15) is 5.10 Å². The van der Waals surface area contributed by atoms with Crippen LogP contribution in [-0.2, 0) is 6.54 Å². The lowest BCUT2D eigenvalue weighted by molar-refractivity contribution is 0.199. The Hall–Kier alpha value is -3.06. The first-order valence-electron chi connectivity index (χ1n) is 10.5. The molecule has 0 radical (unpaired) electrons. The summed E-state index contributed by atoms with van der Waals surface area (Å²) in [6.07, 6.45) is 2.19. The zero-order valence-corrected chi connectivity index (χ0v) is 17.6. The highest BCUT2D eigenvalue weighted by molar-refractivity contribution is 5.80. The van der Waals surface area contributed by atoms with Crippen molar-refractivity contribution in [3.05, 3.63) is 59.0 Å². The Morgan fingerprint density at radius 2 is 1.87 bits per heavy atom. The zero-order valence-electron chi connectivity index (χ0n) is 17.6. The number of likely N-dealkylation sites (tertiary alicyclic amines) is 1. The summed E-state index contributed by atoms with van der Waals surface area (Å²) in [6.45, 7) is 8.80. The number of hydrogen-bond donors (Lipinski definition) is 1. The molecule has 7 nitrogen and oxygen atoms in total. The molecular formula is C23H26N6O. The van der Waals surface area contributed by atoms with Gasteiger partial charge >= 0.3 is 0 Å². The molecule has 30 heavy (non-hydrogen) atoms. The Balaban J connectivity index is 1.25. The maximum atomic E-state index is 5.29. The minimum atomic E-state index is 0.488. The molecule has 4 aromatic rings. The Bertz CT molecular complexity index is 1170. The van der Waals surface area contributed by atoms with E-state index in [0.29, 0.717) is 5.92 Å². The highest BCUT2D eigenvalue weighted by atomic mass is 16.5. The highest BCUT2D eigenvalue weighted by Gasteiger charge is 2.24. The molecule has 1 saturated heterocycles. The number of aryl methyl sites for hydroxylation is 3. The predicted molar refractivity (Wildman–Crippen MR) is 115 cm³/mol. The Labute approximate surface area is 175 Å². The molecule has 0 amide bonds. The first-order valence-corrected chi connectivity index (χ1v) is 10.5. The maximum absolute atomic E-state index is 5.29. The Morgan fingerprint density at radius 1 is 1.07 bits per heavy atom. The number of para-hydroxylation sites is 1. The van der Waals surface area contributed by atoms with Gasteiger partial charge in [-0.1, -0.05) is 23.4 Å². The van der Waals surface area contributed by atoms with Gasteiger partial charge < -0.3 is 4.52 Å². The van der Waals surface area contributed by atoms with Crippen LogP contribution in [0.2, 0.25) is 0 Å². The third-order valence-electron chi connectivity index (χ3n) is 6.12. The number of hydrogen-bond acceptors (Lipinski definition) is 6. The molecule has 3 aromatic heterocycles. The van der Waals surface area contributed by atoms with Gasteiger partial charge in [0.2, 0.25) is 0 Å². The first-order chi connectivity index (χ1) is 14.6. The molecule has 0 spiro atoms. The van der Waals surface area contributed by atoms with Gasteiger partial charge in [0.1, 0.15) is 11.6 Å². The van der Waals surface area contributed by atoms with E-state index in [1.165, 1.54) is 5.69 Å². The summed E-state index contributed by atoms with van der Waals surface area (Å²) in [5, 5.41) is 12.9. The number of nitrogens with one attached hydrogen (secondary N) is 1. The van der Waals surface area contributed by atoms with Crippen molar-refractivity contribution in [3.63, 3.8) is 0 Å². The van der Waals surface area contributed by atoms with E-state index in [4.69, 9.17) is 14.5 Å². The van der Waals surface area contributed by atoms with Gasteiger partial charge in [0.25, 0.3) is 0 Å². The van der Waals surface area contributed by atoms with Crippen LogP contribution in [0.25, 0.3) is 22.2 Å². The average Bonchev–Trinajstić information content (AvgIpc) is 3.35. The van der Waals surface area contributed by atoms with Gasteiger partial charge in [0, 0.05) is 22.7 Å². The fourth-order valence-electron chi connectivity index (χ4n) is 4.49. The van der Waals surface area contributed by atoms with Gasteiger partial charge in [-0.25, -0.2) is 9.97 Å². The molecule has 7 heteroatoms. The maximum Gasteiger partial charge on any atom is 0.143 e. The summed E-state index contributed by atoms with van der Waals surface area (Å²) in [5.41, 5.74) is 6.07. The molecule has 1 aliphatic rings. The number of nitrogens with zero attached hydrogens (tertiary/aromatic N) is 5. The SMILES string of the molecule is Cc1noc(C)c1-c1cc(C2CCN(Cc3nc(C)c4ccccc4n3)CC2)[nH]n1. The van der Waals surface area contributed by atoms with E-state index in [-0.39, 0.29) is 0 Å². The van der Waals surface area contributed by atoms with Gasteiger partial charge in [0.15, 0.2) is 0 Å². The van der Waals surface area contributed by atoms with E-state index in [1.807, 2.05) is 26.0 Å². The topological polar surface area (TPSA) is 83.7 Å². The smallest absolute Gasteiger partial charge is 0.143 e. The molecule has 1 N–H and O–H groups in total. The largest absolute Gasteiger partial charge is 0.361 e. The molecule has 1 aliphatic heterocycles. The second-order valence-corrected chi connectivity index (χ2v) is 8.20. The van der Waals surface area contributed by atoms with Crippen molar-refractivity contribution in [1.82, 2.24) is 30.2 Å². The lowest BCUT2D eigenvalue weighted by Gasteiger charge is -2.30. The fourth-order valence-corrected chi connectivity index (χ4v) is 4.49. The van der Waals surface area contributed by atoms with Crippen LogP contribution in [0.3, 0.4) is 0 Å². The normalized spacial score (nSPS) is 15.8. The molecule has 1 aromatic carbocycles. The molecular weight excluding hydrogens is 376 g/mol. The molecule has 0 bridgehead atoms. The summed E-state index contributed by atoms with van der Waals surface area (Å²) in [5.74, 6) is 2.21. The molecule has 1 fully saturated rings. The van der Waals surface area contributed by atoms with E-state index in [2.05, 4.69) is 45.4 Å². The molecule has 0 saturated carbocycles. The standard InChI is InChI=1S/C23H26N6O/c1-14-18-6-4-5-7-19(18)25-22(24-14)13-29-10-8-17(9-11-29)20-12-21(27-26-20)23-15(2)28-30-16(23)3/h4-7,12,17H,8-11,13H2,1-3H3,(H,26,27). The van der Waals surface area contributed by atoms with E-state index in [0.717, 1.165) is 77.6 Å². The van der Waals surface area contributed by atoms with Crippen molar-refractivity contribution in [2.24, 2.45) is 0 Å². The summed E-state index contributed by atoms with van der Waals surface area (Å²) in [7, 11) is 0. The number of piperidine rings is 1. The number of H-pyrrole nitrogens is 1. The van der Waals surface area contributed by atoms with Crippen molar-refractivity contribution in [2.45, 2.75) is 46.1 Å². The lowest BCUT2D eigenvalue weighted by atomic mass is 9.93. The number of benzene rings is 1. The van der Waals surface area contributed by atoms with Crippen LogP contribution in [-0.4, -0.2) is 43.3 Å². The van der Waals surface area contributed by atoms with Crippen molar-refractivity contribution in [3.8, 4) is 11.3 Å². The molecule has 5 rings (SSSR count). The van der Waals surface area contributed by atoms with Crippen LogP contribution in [0, 0.1) is 20.8 Å². The molecule has 0 aliphatic carbocycles. The third-order valence-corrected chi connectivity index (χ3v) is 6.12. The minimum Gasteiger partial charge on any atom is -0.361 e. The number of aromatic amines is 1. The van der Waals surface area contributed by atoms with Crippen molar-refractivity contribution in [1.29, 1.82) is 0 Å². The van der Waals surface area contributed by atoms with Crippen LogP contribution in [0.4, 0.5) is 0 Å². The van der Waals surface area contributed by atoms with Gasteiger partial charge in [-0.3, -0.25) is 10.00 Å². The summed E-state index contributed by atoms with van der Waals surface area (Å²) < 4.78 is 5.29. The lowest BCUT2D eigenvalue weighted by Crippen LogP contribution is -2.33. The van der Waals surface area contributed by atoms with Crippen LogP contribution >= 0.6 is 0 Å². The van der Waals surface area contributed by atoms with Crippen molar-refractivity contribution < 1.29 is 4.52 Å². The highest BCUT2D eigenvalue weighted by Crippen LogP contribution is 2.31. The predicted octanol–water partition coefficient (Wildman–Crippen LogP) is 4.31. The van der Waals surface area contributed by atoms with E-state index >= 15 is 0 Å². The summed E-state index contributed by atoms with van der Waals surface area (Å²) >= 11 is 0. The average molecular weight is 403 g/mol. The van der Waals surface area contributed by atoms with Crippen LogP contribution in [0.5, 0.6) is 0 Å². The van der Waals surface area contributed by atoms with E-state index in [1.54, 1.807) is 0 Å². The Morgan fingerprint density at radius 3 is 2.63 bits per heavy atom. The van der Waals surface area contributed by atoms with E-state index < -0.39 is 0 Å². The number of fused-ring (bicyclic) bond motifs is 1. The first kappa shape index (κ1) is 18.9. The molecule has 0 atom stereocenters. The van der Waals surface area contributed by atoms with Gasteiger partial charge in [0.05, 0.1) is 29.0 Å². The summed E-state index contributed by atoms with van der Waals surface area (Å²) in [4.78, 5) is 12.0.